The smallest absolute Gasteiger partial charge is 0.326 e. The van der Waals surface area contributed by atoms with Crippen LogP contribution in [0.4, 0.5) is 21.9 Å². The highest BCUT2D eigenvalue weighted by atomic mass is 125. The highest BCUT2D eigenvalue weighted by molar-refractivity contribution is 14.1. The molecule has 0 aliphatic carbocycles. The molecule has 2 atom stereocenters. The van der Waals surface area contributed by atoms with Crippen LogP contribution in [0, 0.1) is 23.9 Å². The molecule has 1 aromatic heterocycles. The molecule has 21 nitrogen and oxygen atoms in total. The number of carbonyl (C=O) groups excluding carboxylic acids is 2. The molecule has 0 radical (unpaired) electrons. The molecule has 0 saturated carbocycles. The number of anilines is 1. The molecule has 244 valence electrons. The van der Waals surface area contributed by atoms with Crippen LogP contribution < -0.4 is 21.3 Å². The fourth-order valence-corrected chi connectivity index (χ4v) is 4.32. The Morgan fingerprint density at radius 2 is 1.60 bits per heavy atom. The molecule has 0 aliphatic heterocycles. The summed E-state index contributed by atoms with van der Waals surface area (Å²) in [6.45, 7) is -0.204. The number of amides is 3. The largest absolute Gasteiger partial charge is 0.481 e. The van der Waals surface area contributed by atoms with Gasteiger partial charge in [0.05, 0.1) is 28.2 Å². The first-order valence-corrected chi connectivity index (χ1v) is 14.0. The third kappa shape index (κ3) is 11.8. The van der Waals surface area contributed by atoms with E-state index >= 15 is 0 Å². The van der Waals surface area contributed by atoms with E-state index in [1.807, 2.05) is 27.9 Å². The molecule has 1 aromatic carbocycles. The summed E-state index contributed by atoms with van der Waals surface area (Å²) in [5.41, 5.74) is -0.563. The number of unbranched alkanes of at least 4 members (excludes halogenated alkanes) is 1. The van der Waals surface area contributed by atoms with Crippen molar-refractivity contribution < 1.29 is 49.1 Å². The number of carbonyl (C=O) groups is 5. The van der Waals surface area contributed by atoms with Gasteiger partial charge in [0, 0.05) is 19.0 Å². The normalized spacial score (nSPS) is 11.9. The maximum atomic E-state index is 12.5. The third-order valence-corrected chi connectivity index (χ3v) is 6.85. The molecule has 2 aromatic rings. The van der Waals surface area contributed by atoms with Gasteiger partial charge < -0.3 is 36.6 Å². The maximum Gasteiger partial charge on any atom is 0.326 e. The monoisotopic (exact) mass is 747 g/mol. The molecule has 7 N–H and O–H groups in total. The molecular formula is C23H28IN9O12. The van der Waals surface area contributed by atoms with Crippen molar-refractivity contribution in [2.24, 2.45) is 0 Å². The number of nitrogens with zero attached hydrogens (tertiary/aromatic N) is 5. The summed E-state index contributed by atoms with van der Waals surface area (Å²) >= 11 is 1.86. The number of hydrogen-bond donors (Lipinski definition) is 7. The van der Waals surface area contributed by atoms with Crippen LogP contribution in [-0.2, 0) is 32.3 Å². The molecule has 0 fully saturated rings. The number of aromatic nitrogens is 3. The van der Waals surface area contributed by atoms with Crippen LogP contribution in [0.2, 0.25) is 0 Å². The van der Waals surface area contributed by atoms with Crippen molar-refractivity contribution in [1.29, 1.82) is 0 Å². The minimum atomic E-state index is -1.53. The quantitative estimate of drug-likeness (QED) is 0.0450. The van der Waals surface area contributed by atoms with Crippen LogP contribution in [0.3, 0.4) is 0 Å². The zero-order chi connectivity index (χ0) is 33.7. The van der Waals surface area contributed by atoms with Gasteiger partial charge in [-0.2, -0.15) is 0 Å². The topological polar surface area (TPSA) is 311 Å². The summed E-state index contributed by atoms with van der Waals surface area (Å²) in [7, 11) is 0. The summed E-state index contributed by atoms with van der Waals surface area (Å²) in [4.78, 5) is 78.8. The van der Waals surface area contributed by atoms with Gasteiger partial charge in [0.15, 0.2) is 0 Å². The zero-order valence-corrected chi connectivity index (χ0v) is 25.3. The van der Waals surface area contributed by atoms with E-state index in [-0.39, 0.29) is 38.2 Å². The number of non-ortho nitro benzene ring substituents is 1. The van der Waals surface area contributed by atoms with Gasteiger partial charge in [-0.3, -0.25) is 29.8 Å². The van der Waals surface area contributed by atoms with Gasteiger partial charge >= 0.3 is 23.9 Å². The minimum absolute atomic E-state index is 0.00475. The highest BCUT2D eigenvalue weighted by Crippen LogP contribution is 2.29. The Labute approximate surface area is 266 Å². The van der Waals surface area contributed by atoms with Crippen LogP contribution >= 0.6 is 22.6 Å². The van der Waals surface area contributed by atoms with Gasteiger partial charge in [0.25, 0.3) is 11.4 Å². The van der Waals surface area contributed by atoms with Crippen molar-refractivity contribution in [3.05, 3.63) is 47.8 Å². The Kier molecular flexibility index (Phi) is 13.8. The molecular weight excluding hydrogens is 719 g/mol. The lowest BCUT2D eigenvalue weighted by Crippen LogP contribution is -2.51. The Bertz CT molecular complexity index is 1450. The number of urea groups is 1. The molecule has 45 heavy (non-hydrogen) atoms. The lowest BCUT2D eigenvalue weighted by molar-refractivity contribution is -0.393. The van der Waals surface area contributed by atoms with Gasteiger partial charge in [0.2, 0.25) is 5.91 Å². The van der Waals surface area contributed by atoms with Gasteiger partial charge in [-0.25, -0.2) is 19.1 Å². The average Bonchev–Trinajstić information content (AvgIpc) is 3.30. The van der Waals surface area contributed by atoms with E-state index in [1.165, 1.54) is 10.7 Å². The molecule has 0 unspecified atom stereocenters. The number of nitro benzene ring substituents is 2. The van der Waals surface area contributed by atoms with Crippen molar-refractivity contribution in [3.8, 4) is 0 Å². The summed E-state index contributed by atoms with van der Waals surface area (Å²) < 4.78 is 1.65. The lowest BCUT2D eigenvalue weighted by atomic mass is 10.1. The number of nitrogens with one attached hydrogen (secondary N) is 4. The SMILES string of the molecule is O=C(O)CC[C@H](NC(=O)N[C@@H](CCCCNC(=O)Cn1nnc([125I])c1CNc1ccc([N+](=O)[O-])cc1[N+](=O)[O-])C(=O)O)C(=O)O. The average molecular weight is 747 g/mol. The van der Waals surface area contributed by atoms with Crippen LogP contribution in [-0.4, -0.2) is 88.6 Å². The number of nitro groups is 2. The maximum absolute atomic E-state index is 12.5. The summed E-state index contributed by atoms with van der Waals surface area (Å²) in [5.74, 6) is -4.60. The summed E-state index contributed by atoms with van der Waals surface area (Å²) in [6, 6.07) is -0.892. The summed E-state index contributed by atoms with van der Waals surface area (Å²) in [6.07, 6.45) is -0.431. The van der Waals surface area contributed by atoms with Crippen LogP contribution in [0.15, 0.2) is 18.2 Å². The van der Waals surface area contributed by atoms with Crippen molar-refractivity contribution in [2.75, 3.05) is 11.9 Å². The van der Waals surface area contributed by atoms with E-state index in [2.05, 4.69) is 26.3 Å². The second-order valence-corrected chi connectivity index (χ2v) is 10.3. The Balaban J connectivity index is 1.85. The first kappa shape index (κ1) is 36.0. The number of aliphatic carboxylic acids is 3. The van der Waals surface area contributed by atoms with Crippen molar-refractivity contribution in [1.82, 2.24) is 30.9 Å². The number of hydrogen-bond acceptors (Lipinski definition) is 12. The fraction of sp³-hybridized carbons (Fsp3) is 0.435. The number of carboxylic acids is 3. The molecule has 2 rings (SSSR count). The van der Waals surface area contributed by atoms with Crippen molar-refractivity contribution >= 4 is 69.5 Å². The van der Waals surface area contributed by atoms with E-state index in [0.29, 0.717) is 15.8 Å². The van der Waals surface area contributed by atoms with Gasteiger partial charge in [0.1, 0.15) is 28.0 Å². The highest BCUT2D eigenvalue weighted by Gasteiger charge is 2.25. The second kappa shape index (κ2) is 17.2. The Hall–Kier alpha value is -5.16. The second-order valence-electron chi connectivity index (χ2n) is 9.23. The molecule has 0 spiro atoms. The van der Waals surface area contributed by atoms with Crippen LogP contribution in [0.1, 0.15) is 37.8 Å². The van der Waals surface area contributed by atoms with Gasteiger partial charge in [-0.05, 0) is 54.3 Å². The van der Waals surface area contributed by atoms with E-state index in [0.717, 1.165) is 12.1 Å². The predicted molar refractivity (Wildman–Crippen MR) is 158 cm³/mol. The van der Waals surface area contributed by atoms with E-state index in [9.17, 15) is 49.3 Å². The fourth-order valence-electron chi connectivity index (χ4n) is 3.75. The zero-order valence-electron chi connectivity index (χ0n) is 23.2. The molecule has 3 amide bonds. The number of carboxylic acid groups (broad SMARTS) is 3. The standard InChI is InChI=1S/C23H28IN9O12/c24-20-17(10-26-13-5-4-12(32(42)43)9-16(13)33(44)45)31(30-29-20)11-18(34)25-8-2-1-3-14(21(37)38)27-23(41)28-15(22(39)40)6-7-19(35)36/h4-5,9,14-15,26H,1-3,6-8,10-11H2,(H,25,34)(H,35,36)(H,37,38)(H,39,40)(H2,27,28,41)/t14-,15-/m0/s1/i24-2. The van der Waals surface area contributed by atoms with Crippen molar-refractivity contribution in [2.45, 2.75) is 57.3 Å². The van der Waals surface area contributed by atoms with E-state index < -0.39 is 76.0 Å². The van der Waals surface area contributed by atoms with Crippen LogP contribution in [0.5, 0.6) is 0 Å². The number of benzene rings is 1. The number of rotatable bonds is 19. The summed E-state index contributed by atoms with van der Waals surface area (Å²) in [5, 5.41) is 66.9. The van der Waals surface area contributed by atoms with E-state index in [1.54, 1.807) is 0 Å². The molecule has 22 heteroatoms. The lowest BCUT2D eigenvalue weighted by Gasteiger charge is -2.18. The third-order valence-electron chi connectivity index (χ3n) is 6.01. The van der Waals surface area contributed by atoms with Gasteiger partial charge in [-0.15, -0.1) is 5.10 Å². The number of halogens is 1. The molecule has 1 heterocycles. The molecule has 0 bridgehead atoms. The predicted octanol–water partition coefficient (Wildman–Crippen LogP) is 0.668. The van der Waals surface area contributed by atoms with E-state index in [4.69, 9.17) is 10.2 Å². The van der Waals surface area contributed by atoms with Crippen molar-refractivity contribution in [3.63, 3.8) is 0 Å². The first-order valence-electron chi connectivity index (χ1n) is 12.9. The molecule has 0 saturated heterocycles. The van der Waals surface area contributed by atoms with Crippen LogP contribution in [0.25, 0.3) is 0 Å². The minimum Gasteiger partial charge on any atom is -0.481 e. The Morgan fingerprint density at radius 3 is 2.18 bits per heavy atom. The van der Waals surface area contributed by atoms with Gasteiger partial charge in [-0.1, -0.05) is 5.21 Å². The first-order chi connectivity index (χ1) is 21.2. The molecule has 0 aliphatic rings. The Morgan fingerprint density at radius 1 is 0.956 bits per heavy atom.